The Hall–Kier alpha value is -2.37. The molecule has 0 aliphatic rings. The van der Waals surface area contributed by atoms with Crippen LogP contribution in [0.25, 0.3) is 0 Å². The Morgan fingerprint density at radius 2 is 1.65 bits per heavy atom. The quantitative estimate of drug-likeness (QED) is 0.502. The summed E-state index contributed by atoms with van der Waals surface area (Å²) in [6.07, 6.45) is 0. The lowest BCUT2D eigenvalue weighted by Crippen LogP contribution is -2.39. The Morgan fingerprint density at radius 1 is 1.00 bits per heavy atom. The molecular weight excluding hydrogens is 324 g/mol. The van der Waals surface area contributed by atoms with Crippen LogP contribution in [0.5, 0.6) is 0 Å². The van der Waals surface area contributed by atoms with E-state index >= 15 is 0 Å². The van der Waals surface area contributed by atoms with Crippen molar-refractivity contribution in [1.29, 1.82) is 0 Å². The largest absolute Gasteiger partial charge is 0.396 e. The lowest BCUT2D eigenvalue weighted by atomic mass is 10.0. The van der Waals surface area contributed by atoms with E-state index < -0.39 is 0 Å². The zero-order chi connectivity index (χ0) is 18.8. The van der Waals surface area contributed by atoms with Crippen molar-refractivity contribution in [3.8, 4) is 0 Å². The smallest absolute Gasteiger partial charge is 0.191 e. The van der Waals surface area contributed by atoms with Crippen molar-refractivity contribution in [3.05, 3.63) is 71.3 Å². The van der Waals surface area contributed by atoms with Gasteiger partial charge in [0, 0.05) is 32.6 Å². The fourth-order valence-corrected chi connectivity index (χ4v) is 2.77. The van der Waals surface area contributed by atoms with Crippen LogP contribution in [-0.4, -0.2) is 50.3 Å². The Kier molecular flexibility index (Phi) is 8.12. The molecule has 0 saturated carbocycles. The van der Waals surface area contributed by atoms with Gasteiger partial charge in [-0.15, -0.1) is 0 Å². The van der Waals surface area contributed by atoms with Crippen molar-refractivity contribution in [2.24, 2.45) is 4.99 Å². The van der Waals surface area contributed by atoms with Crippen LogP contribution in [0.3, 0.4) is 0 Å². The van der Waals surface area contributed by atoms with Crippen LogP contribution in [0.15, 0.2) is 59.6 Å². The van der Waals surface area contributed by atoms with Gasteiger partial charge >= 0.3 is 0 Å². The molecule has 2 rings (SSSR count). The number of guanidine groups is 1. The molecule has 0 saturated heterocycles. The van der Waals surface area contributed by atoms with Crippen LogP contribution in [0.2, 0.25) is 0 Å². The van der Waals surface area contributed by atoms with E-state index in [1.165, 1.54) is 11.1 Å². The van der Waals surface area contributed by atoms with Gasteiger partial charge in [-0.1, -0.05) is 54.6 Å². The highest BCUT2D eigenvalue weighted by Gasteiger charge is 2.10. The number of hydrogen-bond acceptors (Lipinski definition) is 3. The monoisotopic (exact) mass is 354 g/mol. The van der Waals surface area contributed by atoms with Crippen molar-refractivity contribution in [2.75, 3.05) is 34.3 Å². The second kappa shape index (κ2) is 10.6. The van der Waals surface area contributed by atoms with Crippen LogP contribution >= 0.6 is 0 Å². The summed E-state index contributed by atoms with van der Waals surface area (Å²) >= 11 is 0. The number of aliphatic hydroxyl groups excluding tert-OH is 1. The molecule has 2 aromatic rings. The van der Waals surface area contributed by atoms with Gasteiger partial charge < -0.3 is 20.6 Å². The summed E-state index contributed by atoms with van der Waals surface area (Å²) in [5, 5.41) is 16.3. The maximum atomic E-state index is 9.66. The first-order chi connectivity index (χ1) is 12.6. The molecule has 0 amide bonds. The lowest BCUT2D eigenvalue weighted by molar-refractivity contribution is 0.265. The molecule has 1 unspecified atom stereocenters. The summed E-state index contributed by atoms with van der Waals surface area (Å²) < 4.78 is 0. The zero-order valence-electron chi connectivity index (χ0n) is 15.9. The van der Waals surface area contributed by atoms with Gasteiger partial charge in [-0.05, 0) is 30.8 Å². The third kappa shape index (κ3) is 6.50. The minimum atomic E-state index is 0.0417. The number of rotatable bonds is 8. The van der Waals surface area contributed by atoms with E-state index in [-0.39, 0.29) is 12.5 Å². The van der Waals surface area contributed by atoms with Gasteiger partial charge in [0.25, 0.3) is 0 Å². The summed E-state index contributed by atoms with van der Waals surface area (Å²) in [5.41, 5.74) is 3.63. The van der Waals surface area contributed by atoms with Crippen LogP contribution in [0, 0.1) is 0 Å². The molecule has 26 heavy (non-hydrogen) atoms. The Labute approximate surface area is 156 Å². The van der Waals surface area contributed by atoms with Crippen LogP contribution in [-0.2, 0) is 13.1 Å². The molecule has 0 radical (unpaired) electrons. The van der Waals surface area contributed by atoms with Crippen molar-refractivity contribution in [2.45, 2.75) is 19.0 Å². The maximum absolute atomic E-state index is 9.66. The molecule has 0 spiro atoms. The van der Waals surface area contributed by atoms with Crippen molar-refractivity contribution >= 4 is 5.96 Å². The molecule has 0 aromatic heterocycles. The first-order valence-electron chi connectivity index (χ1n) is 8.95. The first kappa shape index (κ1) is 19.9. The fraction of sp³-hybridized carbons (Fsp3) is 0.381. The van der Waals surface area contributed by atoms with Crippen molar-refractivity contribution < 1.29 is 5.11 Å². The topological polar surface area (TPSA) is 59.9 Å². The predicted molar refractivity (Wildman–Crippen MR) is 108 cm³/mol. The van der Waals surface area contributed by atoms with Crippen LogP contribution in [0.1, 0.15) is 22.6 Å². The highest BCUT2D eigenvalue weighted by atomic mass is 16.3. The Morgan fingerprint density at radius 3 is 2.23 bits per heavy atom. The second-order valence-electron chi connectivity index (χ2n) is 6.65. The van der Waals surface area contributed by atoms with E-state index in [0.29, 0.717) is 13.1 Å². The first-order valence-corrected chi connectivity index (χ1v) is 8.95. The number of nitrogens with zero attached hydrogens (tertiary/aromatic N) is 2. The number of nitrogens with one attached hydrogen (secondary N) is 2. The van der Waals surface area contributed by atoms with Gasteiger partial charge in [-0.3, -0.25) is 4.99 Å². The minimum absolute atomic E-state index is 0.0417. The Bertz CT molecular complexity index is 668. The lowest BCUT2D eigenvalue weighted by Gasteiger charge is -2.18. The van der Waals surface area contributed by atoms with Crippen molar-refractivity contribution in [1.82, 2.24) is 15.5 Å². The normalized spacial score (nSPS) is 12.9. The molecule has 0 aliphatic carbocycles. The standard InChI is InChI=1S/C21H30N4O/c1-22-21(24-14-20(16-26)19-7-5-4-6-8-19)23-13-17-9-11-18(12-10-17)15-25(2)3/h4-12,20,26H,13-16H2,1-3H3,(H2,22,23,24). The molecular formula is C21H30N4O. The molecule has 0 bridgehead atoms. The third-order valence-corrected chi connectivity index (χ3v) is 4.21. The molecule has 5 heteroatoms. The van der Waals surface area contributed by atoms with E-state index in [1.54, 1.807) is 7.05 Å². The SMILES string of the molecule is CN=C(NCc1ccc(CN(C)C)cc1)NCC(CO)c1ccccc1. The number of aliphatic hydroxyl groups is 1. The average Bonchev–Trinajstić information content (AvgIpc) is 2.66. The predicted octanol–water partition coefficient (Wildman–Crippen LogP) is 2.19. The van der Waals surface area contributed by atoms with Gasteiger partial charge in [0.05, 0.1) is 6.61 Å². The molecule has 140 valence electrons. The van der Waals surface area contributed by atoms with E-state index in [9.17, 15) is 5.11 Å². The molecule has 0 fully saturated rings. The highest BCUT2D eigenvalue weighted by Crippen LogP contribution is 2.13. The molecule has 5 nitrogen and oxygen atoms in total. The average molecular weight is 354 g/mol. The maximum Gasteiger partial charge on any atom is 0.191 e. The summed E-state index contributed by atoms with van der Waals surface area (Å²) in [6.45, 7) is 2.37. The van der Waals surface area contributed by atoms with E-state index in [1.807, 2.05) is 30.3 Å². The van der Waals surface area contributed by atoms with E-state index in [0.717, 1.165) is 18.1 Å². The summed E-state index contributed by atoms with van der Waals surface area (Å²) in [5.74, 6) is 0.775. The molecule has 1 atom stereocenters. The number of hydrogen-bond donors (Lipinski definition) is 3. The minimum Gasteiger partial charge on any atom is -0.396 e. The highest BCUT2D eigenvalue weighted by molar-refractivity contribution is 5.79. The molecule has 3 N–H and O–H groups in total. The second-order valence-corrected chi connectivity index (χ2v) is 6.65. The van der Waals surface area contributed by atoms with E-state index in [4.69, 9.17) is 0 Å². The van der Waals surface area contributed by atoms with Crippen LogP contribution < -0.4 is 10.6 Å². The van der Waals surface area contributed by atoms with Crippen molar-refractivity contribution in [3.63, 3.8) is 0 Å². The summed E-state index contributed by atoms with van der Waals surface area (Å²) in [4.78, 5) is 6.42. The van der Waals surface area contributed by atoms with Crippen LogP contribution in [0.4, 0.5) is 0 Å². The number of benzene rings is 2. The molecule has 0 aliphatic heterocycles. The summed E-state index contributed by atoms with van der Waals surface area (Å²) in [7, 11) is 5.90. The molecule has 0 heterocycles. The van der Waals surface area contributed by atoms with Gasteiger partial charge in [0.15, 0.2) is 5.96 Å². The molecule has 2 aromatic carbocycles. The zero-order valence-corrected chi connectivity index (χ0v) is 15.9. The number of aliphatic imine (C=N–C) groups is 1. The van der Waals surface area contributed by atoms with Gasteiger partial charge in [-0.25, -0.2) is 0 Å². The fourth-order valence-electron chi connectivity index (χ4n) is 2.77. The van der Waals surface area contributed by atoms with Gasteiger partial charge in [0.1, 0.15) is 0 Å². The van der Waals surface area contributed by atoms with E-state index in [2.05, 4.69) is 58.9 Å². The summed E-state index contributed by atoms with van der Waals surface area (Å²) in [6, 6.07) is 18.6. The van der Waals surface area contributed by atoms with Gasteiger partial charge in [-0.2, -0.15) is 0 Å². The third-order valence-electron chi connectivity index (χ3n) is 4.21. The Balaban J connectivity index is 1.83. The van der Waals surface area contributed by atoms with Gasteiger partial charge in [0.2, 0.25) is 0 Å².